The summed E-state index contributed by atoms with van der Waals surface area (Å²) in [6.45, 7) is 8.16. The molecule has 1 heterocycles. The highest BCUT2D eigenvalue weighted by molar-refractivity contribution is 5.85. The van der Waals surface area contributed by atoms with Crippen LogP contribution in [0.15, 0.2) is 18.2 Å². The molecule has 1 saturated heterocycles. The van der Waals surface area contributed by atoms with Crippen LogP contribution >= 0.6 is 12.4 Å². The standard InChI is InChI=1S/C16H24N2O2.ClH/c1-13-4-5-15(12-14(13)2)20-11-6-16(19)18-9-3-7-17-8-10-18;/h4-5,12,17H,3,6-11H2,1-2H3;1H. The molecule has 1 aliphatic heterocycles. The lowest BCUT2D eigenvalue weighted by molar-refractivity contribution is -0.131. The first-order valence-electron chi connectivity index (χ1n) is 7.35. The van der Waals surface area contributed by atoms with Crippen molar-refractivity contribution in [1.82, 2.24) is 10.2 Å². The molecule has 1 aromatic carbocycles. The molecule has 1 N–H and O–H groups in total. The van der Waals surface area contributed by atoms with Gasteiger partial charge in [0.2, 0.25) is 5.91 Å². The Labute approximate surface area is 133 Å². The molecule has 2 rings (SSSR count). The number of carbonyl (C=O) groups is 1. The maximum absolute atomic E-state index is 12.1. The van der Waals surface area contributed by atoms with Crippen molar-refractivity contribution in [3.63, 3.8) is 0 Å². The Bertz CT molecular complexity index is 458. The highest BCUT2D eigenvalue weighted by Crippen LogP contribution is 2.16. The molecule has 0 unspecified atom stereocenters. The van der Waals surface area contributed by atoms with Crippen LogP contribution in [-0.4, -0.2) is 43.6 Å². The summed E-state index contributed by atoms with van der Waals surface area (Å²) in [7, 11) is 0. The second-order valence-corrected chi connectivity index (χ2v) is 5.33. The Morgan fingerprint density at radius 2 is 2.05 bits per heavy atom. The van der Waals surface area contributed by atoms with Crippen molar-refractivity contribution in [2.24, 2.45) is 0 Å². The van der Waals surface area contributed by atoms with Gasteiger partial charge in [0.05, 0.1) is 13.0 Å². The molecule has 0 aromatic heterocycles. The minimum absolute atomic E-state index is 0. The monoisotopic (exact) mass is 312 g/mol. The molecule has 0 bridgehead atoms. The average Bonchev–Trinajstić information content (AvgIpc) is 2.71. The zero-order valence-corrected chi connectivity index (χ0v) is 13.7. The lowest BCUT2D eigenvalue weighted by atomic mass is 10.1. The maximum atomic E-state index is 12.1. The summed E-state index contributed by atoms with van der Waals surface area (Å²) in [5.74, 6) is 1.04. The quantitative estimate of drug-likeness (QED) is 0.927. The van der Waals surface area contributed by atoms with Gasteiger partial charge >= 0.3 is 0 Å². The zero-order valence-electron chi connectivity index (χ0n) is 12.9. The van der Waals surface area contributed by atoms with Gasteiger partial charge in [0, 0.05) is 19.6 Å². The third kappa shape index (κ3) is 5.56. The lowest BCUT2D eigenvalue weighted by Crippen LogP contribution is -2.34. The van der Waals surface area contributed by atoms with Gasteiger partial charge in [-0.15, -0.1) is 12.4 Å². The van der Waals surface area contributed by atoms with Gasteiger partial charge in [-0.05, 0) is 50.1 Å². The summed E-state index contributed by atoms with van der Waals surface area (Å²) in [6.07, 6.45) is 1.48. The Balaban J connectivity index is 0.00000220. The minimum atomic E-state index is 0. The molecular weight excluding hydrogens is 288 g/mol. The van der Waals surface area contributed by atoms with Gasteiger partial charge in [0.25, 0.3) is 0 Å². The number of hydrogen-bond donors (Lipinski definition) is 1. The highest BCUT2D eigenvalue weighted by atomic mass is 35.5. The van der Waals surface area contributed by atoms with E-state index in [1.54, 1.807) is 0 Å². The van der Waals surface area contributed by atoms with E-state index in [2.05, 4.69) is 19.2 Å². The van der Waals surface area contributed by atoms with E-state index in [4.69, 9.17) is 4.74 Å². The summed E-state index contributed by atoms with van der Waals surface area (Å²) in [5.41, 5.74) is 2.47. The number of rotatable bonds is 4. The maximum Gasteiger partial charge on any atom is 0.226 e. The molecule has 0 saturated carbocycles. The summed E-state index contributed by atoms with van der Waals surface area (Å²) in [5, 5.41) is 3.30. The molecule has 1 aromatic rings. The van der Waals surface area contributed by atoms with Crippen LogP contribution < -0.4 is 10.1 Å². The van der Waals surface area contributed by atoms with Crippen molar-refractivity contribution in [1.29, 1.82) is 0 Å². The number of nitrogens with one attached hydrogen (secondary N) is 1. The average molecular weight is 313 g/mol. The van der Waals surface area contributed by atoms with E-state index in [-0.39, 0.29) is 18.3 Å². The van der Waals surface area contributed by atoms with Gasteiger partial charge < -0.3 is 15.0 Å². The van der Waals surface area contributed by atoms with Crippen LogP contribution in [-0.2, 0) is 4.79 Å². The fraction of sp³-hybridized carbons (Fsp3) is 0.562. The second kappa shape index (κ2) is 8.90. The predicted molar refractivity (Wildman–Crippen MR) is 87.3 cm³/mol. The van der Waals surface area contributed by atoms with Crippen LogP contribution in [0.25, 0.3) is 0 Å². The molecule has 0 radical (unpaired) electrons. The Morgan fingerprint density at radius 1 is 1.24 bits per heavy atom. The van der Waals surface area contributed by atoms with Gasteiger partial charge in [-0.2, -0.15) is 0 Å². The van der Waals surface area contributed by atoms with Crippen LogP contribution in [0.1, 0.15) is 24.0 Å². The number of carbonyl (C=O) groups excluding carboxylic acids is 1. The predicted octanol–water partition coefficient (Wildman–Crippen LogP) is 2.32. The van der Waals surface area contributed by atoms with Crippen molar-refractivity contribution < 1.29 is 9.53 Å². The van der Waals surface area contributed by atoms with Crippen molar-refractivity contribution >= 4 is 18.3 Å². The van der Waals surface area contributed by atoms with E-state index in [9.17, 15) is 4.79 Å². The van der Waals surface area contributed by atoms with Crippen LogP contribution in [0.2, 0.25) is 0 Å². The summed E-state index contributed by atoms with van der Waals surface area (Å²) in [4.78, 5) is 14.0. The van der Waals surface area contributed by atoms with Gasteiger partial charge in [-0.1, -0.05) is 6.07 Å². The van der Waals surface area contributed by atoms with Crippen LogP contribution in [0.5, 0.6) is 5.75 Å². The largest absolute Gasteiger partial charge is 0.493 e. The van der Waals surface area contributed by atoms with E-state index in [0.29, 0.717) is 13.0 Å². The Kier molecular flexibility index (Phi) is 7.54. The normalized spacial score (nSPS) is 15.0. The molecule has 1 amide bonds. The molecule has 0 atom stereocenters. The number of benzene rings is 1. The Hall–Kier alpha value is -1.26. The molecule has 0 spiro atoms. The smallest absolute Gasteiger partial charge is 0.226 e. The molecule has 5 heteroatoms. The molecule has 118 valence electrons. The van der Waals surface area contributed by atoms with Crippen LogP contribution in [0.4, 0.5) is 0 Å². The minimum Gasteiger partial charge on any atom is -0.493 e. The third-order valence-electron chi connectivity index (χ3n) is 3.76. The van der Waals surface area contributed by atoms with Crippen LogP contribution in [0, 0.1) is 13.8 Å². The first-order valence-corrected chi connectivity index (χ1v) is 7.35. The van der Waals surface area contributed by atoms with Crippen molar-refractivity contribution in [2.75, 3.05) is 32.8 Å². The van der Waals surface area contributed by atoms with Gasteiger partial charge in [0.1, 0.15) is 5.75 Å². The topological polar surface area (TPSA) is 41.6 Å². The number of nitrogens with zero attached hydrogens (tertiary/aromatic N) is 1. The van der Waals surface area contributed by atoms with Crippen LogP contribution in [0.3, 0.4) is 0 Å². The molecule has 0 aliphatic carbocycles. The third-order valence-corrected chi connectivity index (χ3v) is 3.76. The van der Waals surface area contributed by atoms with Crippen molar-refractivity contribution in [3.8, 4) is 5.75 Å². The van der Waals surface area contributed by atoms with Crippen molar-refractivity contribution in [2.45, 2.75) is 26.7 Å². The van der Waals surface area contributed by atoms with E-state index < -0.39 is 0 Å². The number of amides is 1. The molecule has 4 nitrogen and oxygen atoms in total. The van der Waals surface area contributed by atoms with Crippen molar-refractivity contribution in [3.05, 3.63) is 29.3 Å². The van der Waals surface area contributed by atoms with Gasteiger partial charge in [0.15, 0.2) is 0 Å². The Morgan fingerprint density at radius 3 is 2.81 bits per heavy atom. The molecule has 21 heavy (non-hydrogen) atoms. The van der Waals surface area contributed by atoms with E-state index in [1.807, 2.05) is 23.1 Å². The zero-order chi connectivity index (χ0) is 14.4. The first-order chi connectivity index (χ1) is 9.66. The molecule has 1 aliphatic rings. The summed E-state index contributed by atoms with van der Waals surface area (Å²) in [6, 6.07) is 6.03. The lowest BCUT2D eigenvalue weighted by Gasteiger charge is -2.20. The highest BCUT2D eigenvalue weighted by Gasteiger charge is 2.14. The summed E-state index contributed by atoms with van der Waals surface area (Å²) < 4.78 is 5.67. The fourth-order valence-corrected chi connectivity index (χ4v) is 2.31. The molecular formula is C16H25ClN2O2. The second-order valence-electron chi connectivity index (χ2n) is 5.33. The number of ether oxygens (including phenoxy) is 1. The van der Waals surface area contributed by atoms with E-state index in [0.717, 1.165) is 38.3 Å². The number of halogens is 1. The fourth-order valence-electron chi connectivity index (χ4n) is 2.31. The summed E-state index contributed by atoms with van der Waals surface area (Å²) >= 11 is 0. The van der Waals surface area contributed by atoms with E-state index >= 15 is 0 Å². The number of hydrogen-bond acceptors (Lipinski definition) is 3. The SMILES string of the molecule is Cc1ccc(OCCC(=O)N2CCCNCC2)cc1C.Cl. The van der Waals surface area contributed by atoms with Gasteiger partial charge in [-0.25, -0.2) is 0 Å². The van der Waals surface area contributed by atoms with E-state index in [1.165, 1.54) is 11.1 Å². The first kappa shape index (κ1) is 17.8. The molecule has 1 fully saturated rings. The van der Waals surface area contributed by atoms with Gasteiger partial charge in [-0.3, -0.25) is 4.79 Å². The number of aryl methyl sites for hydroxylation is 2.